The van der Waals surface area contributed by atoms with Crippen LogP contribution in [-0.4, -0.2) is 13.0 Å². The number of aryl methyl sites for hydroxylation is 1. The van der Waals surface area contributed by atoms with E-state index in [9.17, 15) is 8.42 Å². The van der Waals surface area contributed by atoms with Crippen molar-refractivity contribution in [1.82, 2.24) is 4.57 Å². The van der Waals surface area contributed by atoms with Gasteiger partial charge in [-0.15, -0.1) is 22.7 Å². The summed E-state index contributed by atoms with van der Waals surface area (Å²) >= 11 is 21.6. The number of primary sulfonamides is 1. The van der Waals surface area contributed by atoms with Gasteiger partial charge in [-0.1, -0.05) is 46.9 Å². The second-order valence-electron chi connectivity index (χ2n) is 6.81. The van der Waals surface area contributed by atoms with E-state index < -0.39 is 10.0 Å². The van der Waals surface area contributed by atoms with Gasteiger partial charge in [0.1, 0.15) is 0 Å². The zero-order chi connectivity index (χ0) is 22.9. The number of nitrogens with two attached hydrogens (primary N) is 1. The lowest BCUT2D eigenvalue weighted by atomic mass is 10.1. The Morgan fingerprint density at radius 3 is 2.41 bits per heavy atom. The average molecular weight is 545 g/mol. The Labute approximate surface area is 208 Å². The number of aromatic nitrogens is 1. The zero-order valence-corrected chi connectivity index (χ0v) is 21.1. The third-order valence-corrected chi connectivity index (χ3v) is 8.22. The lowest BCUT2D eigenvalue weighted by molar-refractivity contribution is 0.597. The van der Waals surface area contributed by atoms with Crippen LogP contribution in [0, 0.1) is 0 Å². The molecule has 5 nitrogen and oxygen atoms in total. The third-order valence-electron chi connectivity index (χ3n) is 4.62. The van der Waals surface area contributed by atoms with Crippen LogP contribution in [0.3, 0.4) is 0 Å². The number of sulfonamides is 1. The molecule has 32 heavy (non-hydrogen) atoms. The summed E-state index contributed by atoms with van der Waals surface area (Å²) in [5.41, 5.74) is 2.55. The van der Waals surface area contributed by atoms with Crippen molar-refractivity contribution in [2.45, 2.75) is 17.9 Å². The van der Waals surface area contributed by atoms with E-state index in [0.717, 1.165) is 20.9 Å². The molecule has 11 heteroatoms. The highest BCUT2D eigenvalue weighted by atomic mass is 35.5. The molecular formula is C21H16Cl3N3O2S3. The molecule has 4 rings (SSSR count). The number of halogens is 3. The Hall–Kier alpha value is -1.65. The second kappa shape index (κ2) is 9.69. The Morgan fingerprint density at radius 1 is 1.00 bits per heavy atom. The summed E-state index contributed by atoms with van der Waals surface area (Å²) in [6.45, 7) is 0.611. The minimum absolute atomic E-state index is 0.0876. The molecule has 0 fully saturated rings. The standard InChI is InChI=1S/C21H16Cl3N3O2S3/c22-14-3-6-16(23)17(11-14)26-21-27(18(12-30-21)19-7-8-20(24)31-19)10-9-13-1-4-15(5-2-13)32(25,28)29/h1-8,11-12H,9-10H2,(H2,25,28,29). The molecule has 0 aliphatic rings. The van der Waals surface area contributed by atoms with Gasteiger partial charge in [0, 0.05) is 16.9 Å². The van der Waals surface area contributed by atoms with Gasteiger partial charge in [0.05, 0.1) is 30.5 Å². The van der Waals surface area contributed by atoms with Crippen LogP contribution >= 0.6 is 57.5 Å². The molecule has 0 saturated carbocycles. The SMILES string of the molecule is NS(=O)(=O)c1ccc(CCn2c(-c3ccc(Cl)s3)csc2=Nc2cc(Cl)ccc2Cl)cc1. The molecule has 2 N–H and O–H groups in total. The minimum Gasteiger partial charge on any atom is -0.315 e. The van der Waals surface area contributed by atoms with Crippen LogP contribution in [0.5, 0.6) is 0 Å². The molecule has 0 saturated heterocycles. The summed E-state index contributed by atoms with van der Waals surface area (Å²) in [5, 5.41) is 8.28. The number of nitrogens with zero attached hydrogens (tertiary/aromatic N) is 2. The van der Waals surface area contributed by atoms with Gasteiger partial charge in [0.25, 0.3) is 0 Å². The first-order valence-electron chi connectivity index (χ1n) is 9.26. The summed E-state index contributed by atoms with van der Waals surface area (Å²) in [5.74, 6) is 0. The van der Waals surface area contributed by atoms with Crippen LogP contribution in [0.4, 0.5) is 5.69 Å². The molecule has 2 aromatic heterocycles. The maximum atomic E-state index is 11.5. The lowest BCUT2D eigenvalue weighted by Crippen LogP contribution is -2.17. The van der Waals surface area contributed by atoms with Gasteiger partial charge in [-0.25, -0.2) is 18.5 Å². The molecule has 0 amide bonds. The van der Waals surface area contributed by atoms with Gasteiger partial charge in [-0.05, 0) is 54.4 Å². The van der Waals surface area contributed by atoms with E-state index >= 15 is 0 Å². The van der Waals surface area contributed by atoms with Crippen molar-refractivity contribution in [3.05, 3.63) is 84.7 Å². The molecule has 0 aliphatic carbocycles. The zero-order valence-electron chi connectivity index (χ0n) is 16.3. The van der Waals surface area contributed by atoms with Gasteiger partial charge in [0.2, 0.25) is 10.0 Å². The highest BCUT2D eigenvalue weighted by molar-refractivity contribution is 7.89. The smallest absolute Gasteiger partial charge is 0.238 e. The number of hydrogen-bond acceptors (Lipinski definition) is 5. The maximum absolute atomic E-state index is 11.5. The van der Waals surface area contributed by atoms with Gasteiger partial charge in [-0.2, -0.15) is 0 Å². The Balaban J connectivity index is 1.72. The largest absolute Gasteiger partial charge is 0.315 e. The first-order valence-corrected chi connectivity index (χ1v) is 13.6. The van der Waals surface area contributed by atoms with Crippen molar-refractivity contribution >= 4 is 73.2 Å². The Kier molecular flexibility index (Phi) is 7.11. The van der Waals surface area contributed by atoms with Crippen molar-refractivity contribution in [2.24, 2.45) is 10.1 Å². The maximum Gasteiger partial charge on any atom is 0.238 e. The van der Waals surface area contributed by atoms with Crippen molar-refractivity contribution in [3.8, 4) is 10.6 Å². The van der Waals surface area contributed by atoms with Crippen LogP contribution in [0.2, 0.25) is 14.4 Å². The highest BCUT2D eigenvalue weighted by Crippen LogP contribution is 2.32. The van der Waals surface area contributed by atoms with Crippen LogP contribution in [-0.2, 0) is 23.0 Å². The fourth-order valence-corrected chi connectivity index (χ4v) is 5.97. The molecule has 2 heterocycles. The molecule has 0 bridgehead atoms. The first kappa shape index (κ1) is 23.5. The molecule has 166 valence electrons. The van der Waals surface area contributed by atoms with E-state index in [1.165, 1.54) is 34.8 Å². The average Bonchev–Trinajstić information content (AvgIpc) is 3.34. The van der Waals surface area contributed by atoms with E-state index in [2.05, 4.69) is 4.57 Å². The van der Waals surface area contributed by atoms with Crippen LogP contribution in [0.1, 0.15) is 5.56 Å². The Morgan fingerprint density at radius 2 is 1.75 bits per heavy atom. The van der Waals surface area contributed by atoms with Gasteiger partial charge in [-0.3, -0.25) is 0 Å². The minimum atomic E-state index is -3.72. The number of rotatable bonds is 6. The van der Waals surface area contributed by atoms with Gasteiger partial charge < -0.3 is 4.57 Å². The topological polar surface area (TPSA) is 77.5 Å². The van der Waals surface area contributed by atoms with E-state index in [1.54, 1.807) is 30.3 Å². The van der Waals surface area contributed by atoms with E-state index in [0.29, 0.717) is 33.0 Å². The monoisotopic (exact) mass is 543 g/mol. The van der Waals surface area contributed by atoms with Gasteiger partial charge >= 0.3 is 0 Å². The number of thiophene rings is 1. The van der Waals surface area contributed by atoms with E-state index in [4.69, 9.17) is 44.9 Å². The number of benzene rings is 2. The Bertz CT molecular complexity index is 1440. The second-order valence-corrected chi connectivity index (χ2v) is 11.8. The fourth-order valence-electron chi connectivity index (χ4n) is 3.05. The fraction of sp³-hybridized carbons (Fsp3) is 0.0952. The predicted octanol–water partition coefficient (Wildman–Crippen LogP) is 6.36. The van der Waals surface area contributed by atoms with Crippen molar-refractivity contribution in [3.63, 3.8) is 0 Å². The summed E-state index contributed by atoms with van der Waals surface area (Å²) in [4.78, 5) is 6.62. The number of hydrogen-bond donors (Lipinski definition) is 1. The van der Waals surface area contributed by atoms with Gasteiger partial charge in [0.15, 0.2) is 4.80 Å². The first-order chi connectivity index (χ1) is 15.2. The van der Waals surface area contributed by atoms with Crippen LogP contribution in [0.25, 0.3) is 10.6 Å². The van der Waals surface area contributed by atoms with Crippen molar-refractivity contribution < 1.29 is 8.42 Å². The van der Waals surface area contributed by atoms with E-state index in [-0.39, 0.29) is 4.90 Å². The molecule has 0 radical (unpaired) electrons. The molecule has 2 aromatic carbocycles. The molecule has 0 spiro atoms. The summed E-state index contributed by atoms with van der Waals surface area (Å²) < 4.78 is 25.8. The lowest BCUT2D eigenvalue weighted by Gasteiger charge is -2.09. The summed E-state index contributed by atoms with van der Waals surface area (Å²) in [6, 6.07) is 15.5. The van der Waals surface area contributed by atoms with E-state index in [1.807, 2.05) is 17.5 Å². The molecular weight excluding hydrogens is 529 g/mol. The highest BCUT2D eigenvalue weighted by Gasteiger charge is 2.12. The van der Waals surface area contributed by atoms with Crippen molar-refractivity contribution in [2.75, 3.05) is 0 Å². The van der Waals surface area contributed by atoms with Crippen molar-refractivity contribution in [1.29, 1.82) is 0 Å². The quantitative estimate of drug-likeness (QED) is 0.306. The number of thiazole rings is 1. The summed E-state index contributed by atoms with van der Waals surface area (Å²) in [6.07, 6.45) is 0.657. The third kappa shape index (κ3) is 5.46. The normalized spacial score (nSPS) is 12.4. The summed E-state index contributed by atoms with van der Waals surface area (Å²) in [7, 11) is -3.72. The molecule has 0 atom stereocenters. The molecule has 0 aliphatic heterocycles. The predicted molar refractivity (Wildman–Crippen MR) is 134 cm³/mol. The van der Waals surface area contributed by atoms with Crippen LogP contribution < -0.4 is 9.94 Å². The molecule has 0 unspecified atom stereocenters. The molecule has 4 aromatic rings. The van der Waals surface area contributed by atoms with Crippen LogP contribution in [0.15, 0.2) is 69.9 Å².